The van der Waals surface area contributed by atoms with Gasteiger partial charge in [0.05, 0.1) is 26.8 Å². The summed E-state index contributed by atoms with van der Waals surface area (Å²) in [7, 11) is 3.16. The van der Waals surface area contributed by atoms with E-state index in [1.54, 1.807) is 36.2 Å². The maximum Gasteiger partial charge on any atom is 0.274 e. The van der Waals surface area contributed by atoms with Gasteiger partial charge in [-0.05, 0) is 18.2 Å². The van der Waals surface area contributed by atoms with Crippen molar-refractivity contribution in [1.29, 1.82) is 0 Å². The summed E-state index contributed by atoms with van der Waals surface area (Å²) in [6.07, 6.45) is 4.70. The lowest BCUT2D eigenvalue weighted by Crippen LogP contribution is -2.51. The number of carbonyl (C=O) groups is 2. The molecule has 0 saturated carbocycles. The molecule has 1 aliphatic heterocycles. The van der Waals surface area contributed by atoms with Crippen LogP contribution in [0.4, 0.5) is 0 Å². The van der Waals surface area contributed by atoms with Crippen LogP contribution in [0.1, 0.15) is 16.1 Å². The smallest absolute Gasteiger partial charge is 0.274 e. The summed E-state index contributed by atoms with van der Waals surface area (Å²) in [5.74, 6) is 1.16. The minimum absolute atomic E-state index is 0.00634. The Morgan fingerprint density at radius 3 is 2.41 bits per heavy atom. The monoisotopic (exact) mass is 370 g/mol. The average Bonchev–Trinajstić information content (AvgIpc) is 2.73. The number of hydrogen-bond donors (Lipinski definition) is 0. The minimum Gasteiger partial charge on any atom is -0.497 e. The number of amides is 2. The highest BCUT2D eigenvalue weighted by atomic mass is 16.5. The fourth-order valence-electron chi connectivity index (χ4n) is 3.03. The number of hydrogen-bond acceptors (Lipinski definition) is 6. The van der Waals surface area contributed by atoms with Crippen molar-refractivity contribution in [3.63, 3.8) is 0 Å². The molecule has 0 N–H and O–H groups in total. The first-order valence-electron chi connectivity index (χ1n) is 8.66. The van der Waals surface area contributed by atoms with Crippen LogP contribution in [0.2, 0.25) is 0 Å². The Balaban J connectivity index is 1.60. The summed E-state index contributed by atoms with van der Waals surface area (Å²) < 4.78 is 10.6. The molecule has 1 aromatic carbocycles. The minimum atomic E-state index is -0.162. The van der Waals surface area contributed by atoms with Gasteiger partial charge in [-0.2, -0.15) is 0 Å². The molecule has 1 saturated heterocycles. The van der Waals surface area contributed by atoms with Crippen LogP contribution >= 0.6 is 0 Å². The van der Waals surface area contributed by atoms with Crippen molar-refractivity contribution in [2.24, 2.45) is 0 Å². The molecule has 142 valence electrons. The fraction of sp³-hybridized carbons (Fsp3) is 0.368. The van der Waals surface area contributed by atoms with Gasteiger partial charge in [0.1, 0.15) is 17.2 Å². The number of ether oxygens (including phenoxy) is 2. The summed E-state index contributed by atoms with van der Waals surface area (Å²) in [5.41, 5.74) is 1.10. The Kier molecular flexibility index (Phi) is 5.85. The number of benzene rings is 1. The first-order chi connectivity index (χ1) is 13.1. The zero-order valence-electron chi connectivity index (χ0n) is 15.4. The van der Waals surface area contributed by atoms with E-state index in [2.05, 4.69) is 9.97 Å². The Morgan fingerprint density at radius 2 is 1.78 bits per heavy atom. The van der Waals surface area contributed by atoms with Crippen molar-refractivity contribution in [3.05, 3.63) is 48.0 Å². The van der Waals surface area contributed by atoms with E-state index in [0.29, 0.717) is 43.4 Å². The molecule has 0 aliphatic carbocycles. The molecular weight excluding hydrogens is 348 g/mol. The van der Waals surface area contributed by atoms with E-state index in [1.165, 1.54) is 18.6 Å². The normalized spacial score (nSPS) is 14.0. The van der Waals surface area contributed by atoms with Gasteiger partial charge in [0.2, 0.25) is 5.91 Å². The van der Waals surface area contributed by atoms with Crippen LogP contribution in [0.5, 0.6) is 11.5 Å². The summed E-state index contributed by atoms with van der Waals surface area (Å²) in [6.45, 7) is 1.90. The lowest BCUT2D eigenvalue weighted by molar-refractivity contribution is -0.131. The average molecular weight is 370 g/mol. The first-order valence-corrected chi connectivity index (χ1v) is 8.66. The highest BCUT2D eigenvalue weighted by molar-refractivity contribution is 5.92. The van der Waals surface area contributed by atoms with Crippen LogP contribution in [0.15, 0.2) is 36.8 Å². The van der Waals surface area contributed by atoms with Gasteiger partial charge >= 0.3 is 0 Å². The number of carbonyl (C=O) groups excluding carboxylic acids is 2. The molecule has 1 aliphatic rings. The van der Waals surface area contributed by atoms with Gasteiger partial charge in [-0.25, -0.2) is 4.98 Å². The molecule has 2 heterocycles. The summed E-state index contributed by atoms with van der Waals surface area (Å²) >= 11 is 0. The van der Waals surface area contributed by atoms with Gasteiger partial charge in [-0.3, -0.25) is 14.6 Å². The van der Waals surface area contributed by atoms with Crippen molar-refractivity contribution in [2.75, 3.05) is 40.4 Å². The molecule has 1 fully saturated rings. The van der Waals surface area contributed by atoms with Gasteiger partial charge in [-0.1, -0.05) is 0 Å². The van der Waals surface area contributed by atoms with E-state index < -0.39 is 0 Å². The number of aromatic nitrogens is 2. The molecule has 0 atom stereocenters. The Bertz CT molecular complexity index is 805. The summed E-state index contributed by atoms with van der Waals surface area (Å²) in [6, 6.07) is 5.40. The molecule has 0 radical (unpaired) electrons. The standard InChI is InChI=1S/C19H22N4O4/c1-26-15-3-4-17(27-2)14(11-15)12-18(24)22-7-9-23(10-8-22)19(25)16-13-20-5-6-21-16/h3-6,11,13H,7-10,12H2,1-2H3. The van der Waals surface area contributed by atoms with Crippen LogP contribution < -0.4 is 9.47 Å². The number of nitrogens with zero attached hydrogens (tertiary/aromatic N) is 4. The van der Waals surface area contributed by atoms with Crippen LogP contribution in [0, 0.1) is 0 Å². The molecule has 2 aromatic rings. The van der Waals surface area contributed by atoms with Gasteiger partial charge < -0.3 is 19.3 Å². The highest BCUT2D eigenvalue weighted by Gasteiger charge is 2.26. The Morgan fingerprint density at radius 1 is 1.04 bits per heavy atom. The number of methoxy groups -OCH3 is 2. The van der Waals surface area contributed by atoms with E-state index in [9.17, 15) is 9.59 Å². The molecule has 1 aromatic heterocycles. The predicted molar refractivity (Wildman–Crippen MR) is 97.8 cm³/mol. The lowest BCUT2D eigenvalue weighted by Gasteiger charge is -2.34. The van der Waals surface area contributed by atoms with Crippen LogP contribution in [0.3, 0.4) is 0 Å². The zero-order valence-corrected chi connectivity index (χ0v) is 15.4. The largest absolute Gasteiger partial charge is 0.497 e. The highest BCUT2D eigenvalue weighted by Crippen LogP contribution is 2.25. The van der Waals surface area contributed by atoms with Crippen molar-refractivity contribution >= 4 is 11.8 Å². The molecular formula is C19H22N4O4. The van der Waals surface area contributed by atoms with Crippen LogP contribution in [-0.2, 0) is 11.2 Å². The van der Waals surface area contributed by atoms with Gasteiger partial charge in [0.15, 0.2) is 0 Å². The quantitative estimate of drug-likeness (QED) is 0.781. The van der Waals surface area contributed by atoms with Gasteiger partial charge in [0.25, 0.3) is 5.91 Å². The zero-order chi connectivity index (χ0) is 19.2. The van der Waals surface area contributed by atoms with E-state index >= 15 is 0 Å². The summed E-state index contributed by atoms with van der Waals surface area (Å²) in [4.78, 5) is 36.5. The van der Waals surface area contributed by atoms with E-state index in [-0.39, 0.29) is 18.2 Å². The van der Waals surface area contributed by atoms with E-state index in [4.69, 9.17) is 9.47 Å². The second-order valence-electron chi connectivity index (χ2n) is 6.12. The van der Waals surface area contributed by atoms with Crippen LogP contribution in [0.25, 0.3) is 0 Å². The Labute approximate surface area is 157 Å². The van der Waals surface area contributed by atoms with Crippen molar-refractivity contribution in [3.8, 4) is 11.5 Å². The maximum absolute atomic E-state index is 12.7. The lowest BCUT2D eigenvalue weighted by atomic mass is 10.1. The van der Waals surface area contributed by atoms with Gasteiger partial charge in [-0.15, -0.1) is 0 Å². The van der Waals surface area contributed by atoms with E-state index in [0.717, 1.165) is 5.56 Å². The molecule has 0 unspecified atom stereocenters. The molecule has 0 bridgehead atoms. The fourth-order valence-corrected chi connectivity index (χ4v) is 3.03. The van der Waals surface area contributed by atoms with E-state index in [1.807, 2.05) is 6.07 Å². The first kappa shape index (κ1) is 18.6. The Hall–Kier alpha value is -3.16. The molecule has 0 spiro atoms. The third-order valence-corrected chi connectivity index (χ3v) is 4.53. The van der Waals surface area contributed by atoms with Crippen molar-refractivity contribution < 1.29 is 19.1 Å². The number of piperazine rings is 1. The molecule has 8 nitrogen and oxygen atoms in total. The van der Waals surface area contributed by atoms with Crippen molar-refractivity contribution in [2.45, 2.75) is 6.42 Å². The van der Waals surface area contributed by atoms with Gasteiger partial charge in [0, 0.05) is 44.1 Å². The molecule has 8 heteroatoms. The second-order valence-corrected chi connectivity index (χ2v) is 6.12. The second kappa shape index (κ2) is 8.48. The third kappa shape index (κ3) is 4.33. The molecule has 27 heavy (non-hydrogen) atoms. The number of rotatable bonds is 5. The summed E-state index contributed by atoms with van der Waals surface area (Å²) in [5, 5.41) is 0. The molecule has 3 rings (SSSR count). The predicted octanol–water partition coefficient (Wildman–Crippen LogP) is 1.02. The molecule has 2 amide bonds. The SMILES string of the molecule is COc1ccc(OC)c(CC(=O)N2CCN(C(=O)c3cnccn3)CC2)c1. The third-order valence-electron chi connectivity index (χ3n) is 4.53. The van der Waals surface area contributed by atoms with Crippen LogP contribution in [-0.4, -0.2) is 72.0 Å². The topological polar surface area (TPSA) is 84.9 Å². The maximum atomic E-state index is 12.7. The van der Waals surface area contributed by atoms with Crippen molar-refractivity contribution in [1.82, 2.24) is 19.8 Å².